The number of thiazole rings is 1. The van der Waals surface area contributed by atoms with E-state index in [1.165, 1.54) is 25.0 Å². The summed E-state index contributed by atoms with van der Waals surface area (Å²) < 4.78 is 7.41. The van der Waals surface area contributed by atoms with E-state index in [1.807, 2.05) is 29.2 Å². The van der Waals surface area contributed by atoms with E-state index in [4.69, 9.17) is 21.3 Å². The fourth-order valence-electron chi connectivity index (χ4n) is 4.16. The molecule has 160 valence electrons. The van der Waals surface area contributed by atoms with Crippen molar-refractivity contribution in [2.45, 2.75) is 38.5 Å². The highest BCUT2D eigenvalue weighted by Crippen LogP contribution is 2.27. The van der Waals surface area contributed by atoms with Gasteiger partial charge in [-0.2, -0.15) is 0 Å². The number of carbonyl (C=O) groups excluding carboxylic acids is 1. The van der Waals surface area contributed by atoms with Crippen LogP contribution in [-0.4, -0.2) is 47.0 Å². The van der Waals surface area contributed by atoms with E-state index >= 15 is 0 Å². The molecule has 4 rings (SSSR count). The van der Waals surface area contributed by atoms with Crippen LogP contribution in [-0.2, 0) is 16.0 Å². The molecule has 0 aliphatic heterocycles. The van der Waals surface area contributed by atoms with E-state index in [0.29, 0.717) is 25.6 Å². The molecule has 3 aromatic rings. The monoisotopic (exact) mass is 445 g/mol. The molecule has 1 amide bonds. The lowest BCUT2D eigenvalue weighted by molar-refractivity contribution is -0.137. The minimum absolute atomic E-state index is 0.183. The van der Waals surface area contributed by atoms with Crippen LogP contribution in [0.2, 0.25) is 5.02 Å². The summed E-state index contributed by atoms with van der Waals surface area (Å²) >= 11 is 7.64. The lowest BCUT2D eigenvalue weighted by Crippen LogP contribution is -2.40. The standard InChI is InChI=1S/C23H28ClN3O2S/c1-29-14-13-26(22(28)18-5-3-2-4-6-18)12-11-20-16-30-23-25-21(15-27(20)23)17-7-9-19(24)10-8-17/h7-10,15-16,18H,2-6,11-14H2,1H3. The average molecular weight is 446 g/mol. The molecule has 2 heterocycles. The second kappa shape index (κ2) is 9.94. The van der Waals surface area contributed by atoms with Gasteiger partial charge >= 0.3 is 0 Å². The maximum absolute atomic E-state index is 13.1. The number of nitrogens with zero attached hydrogens (tertiary/aromatic N) is 3. The van der Waals surface area contributed by atoms with Crippen LogP contribution < -0.4 is 0 Å². The quantitative estimate of drug-likeness (QED) is 0.471. The molecule has 0 unspecified atom stereocenters. The molecule has 1 aromatic carbocycles. The number of carbonyl (C=O) groups is 1. The number of methoxy groups -OCH3 is 1. The van der Waals surface area contributed by atoms with Gasteiger partial charge in [-0.05, 0) is 25.0 Å². The normalized spacial score (nSPS) is 15.0. The maximum Gasteiger partial charge on any atom is 0.225 e. The third-order valence-corrected chi connectivity index (χ3v) is 7.03. The zero-order valence-corrected chi connectivity index (χ0v) is 18.9. The van der Waals surface area contributed by atoms with Crippen molar-refractivity contribution in [2.24, 2.45) is 5.92 Å². The smallest absolute Gasteiger partial charge is 0.225 e. The lowest BCUT2D eigenvalue weighted by atomic mass is 9.88. The Kier molecular flexibility index (Phi) is 7.08. The van der Waals surface area contributed by atoms with Crippen LogP contribution in [0.1, 0.15) is 37.8 Å². The first-order valence-corrected chi connectivity index (χ1v) is 11.9. The fraction of sp³-hybridized carbons (Fsp3) is 0.478. The highest BCUT2D eigenvalue weighted by Gasteiger charge is 2.26. The number of aromatic nitrogens is 2. The molecule has 1 aliphatic carbocycles. The Labute approximate surface area is 186 Å². The minimum atomic E-state index is 0.183. The topological polar surface area (TPSA) is 46.8 Å². The summed E-state index contributed by atoms with van der Waals surface area (Å²) in [7, 11) is 1.69. The molecule has 0 spiro atoms. The molecule has 1 fully saturated rings. The molecule has 0 bridgehead atoms. The molecule has 7 heteroatoms. The lowest BCUT2D eigenvalue weighted by Gasteiger charge is -2.29. The van der Waals surface area contributed by atoms with Crippen molar-refractivity contribution in [3.63, 3.8) is 0 Å². The second-order valence-electron chi connectivity index (χ2n) is 7.92. The summed E-state index contributed by atoms with van der Waals surface area (Å²) in [5, 5.41) is 2.87. The molecule has 1 aliphatic rings. The van der Waals surface area contributed by atoms with Crippen LogP contribution in [0.3, 0.4) is 0 Å². The van der Waals surface area contributed by atoms with Gasteiger partial charge in [0.05, 0.1) is 12.3 Å². The molecule has 2 aromatic heterocycles. The van der Waals surface area contributed by atoms with Crippen LogP contribution in [0, 0.1) is 5.92 Å². The third-order valence-electron chi connectivity index (χ3n) is 5.89. The zero-order valence-electron chi connectivity index (χ0n) is 17.3. The summed E-state index contributed by atoms with van der Waals surface area (Å²) in [6.07, 6.45) is 8.52. The first kappa shape index (κ1) is 21.3. The van der Waals surface area contributed by atoms with Crippen LogP contribution in [0.4, 0.5) is 0 Å². The Bertz CT molecular complexity index is 976. The Morgan fingerprint density at radius 1 is 1.23 bits per heavy atom. The van der Waals surface area contributed by atoms with Crippen LogP contribution in [0.15, 0.2) is 35.8 Å². The highest BCUT2D eigenvalue weighted by atomic mass is 35.5. The number of ether oxygens (including phenoxy) is 1. The van der Waals surface area contributed by atoms with Crippen molar-refractivity contribution in [2.75, 3.05) is 26.8 Å². The highest BCUT2D eigenvalue weighted by molar-refractivity contribution is 7.15. The molecule has 0 atom stereocenters. The summed E-state index contributed by atoms with van der Waals surface area (Å²) in [5.41, 5.74) is 3.17. The molecule has 30 heavy (non-hydrogen) atoms. The van der Waals surface area contributed by atoms with E-state index in [-0.39, 0.29) is 5.92 Å². The predicted molar refractivity (Wildman–Crippen MR) is 122 cm³/mol. The van der Waals surface area contributed by atoms with Gasteiger partial charge in [0.25, 0.3) is 0 Å². The van der Waals surface area contributed by atoms with Gasteiger partial charge in [-0.25, -0.2) is 4.98 Å². The first-order valence-electron chi connectivity index (χ1n) is 10.6. The minimum Gasteiger partial charge on any atom is -0.383 e. The summed E-state index contributed by atoms with van der Waals surface area (Å²) in [6.45, 7) is 1.93. The van der Waals surface area contributed by atoms with Crippen LogP contribution in [0.5, 0.6) is 0 Å². The van der Waals surface area contributed by atoms with E-state index in [2.05, 4.69) is 16.0 Å². The van der Waals surface area contributed by atoms with E-state index in [9.17, 15) is 4.79 Å². The fourth-order valence-corrected chi connectivity index (χ4v) is 5.19. The van der Waals surface area contributed by atoms with Gasteiger partial charge in [-0.15, -0.1) is 11.3 Å². The van der Waals surface area contributed by atoms with Crippen molar-refractivity contribution >= 4 is 33.8 Å². The summed E-state index contributed by atoms with van der Waals surface area (Å²) in [6, 6.07) is 7.75. The largest absolute Gasteiger partial charge is 0.383 e. The van der Waals surface area contributed by atoms with Gasteiger partial charge in [0.2, 0.25) is 5.91 Å². The van der Waals surface area contributed by atoms with Gasteiger partial charge in [-0.3, -0.25) is 9.20 Å². The molecule has 5 nitrogen and oxygen atoms in total. The van der Waals surface area contributed by atoms with E-state index < -0.39 is 0 Å². The number of fused-ring (bicyclic) bond motifs is 1. The first-order chi connectivity index (χ1) is 14.7. The Hall–Kier alpha value is -1.89. The number of hydrogen-bond acceptors (Lipinski definition) is 4. The second-order valence-corrected chi connectivity index (χ2v) is 9.19. The van der Waals surface area contributed by atoms with Crippen molar-refractivity contribution in [3.05, 3.63) is 46.6 Å². The summed E-state index contributed by atoms with van der Waals surface area (Å²) in [5.74, 6) is 0.480. The Morgan fingerprint density at radius 2 is 2.00 bits per heavy atom. The number of imidazole rings is 1. The molecule has 0 N–H and O–H groups in total. The van der Waals surface area contributed by atoms with Crippen molar-refractivity contribution in [1.82, 2.24) is 14.3 Å². The van der Waals surface area contributed by atoms with Crippen molar-refractivity contribution in [1.29, 1.82) is 0 Å². The Balaban J connectivity index is 1.47. The number of halogens is 1. The van der Waals surface area contributed by atoms with Gasteiger partial charge in [-0.1, -0.05) is 43.0 Å². The molecule has 1 saturated carbocycles. The molecule has 0 radical (unpaired) electrons. The van der Waals surface area contributed by atoms with Gasteiger partial charge in [0.1, 0.15) is 0 Å². The van der Waals surface area contributed by atoms with E-state index in [1.54, 1.807) is 18.4 Å². The number of amides is 1. The summed E-state index contributed by atoms with van der Waals surface area (Å²) in [4.78, 5) is 20.8. The SMILES string of the molecule is COCCN(CCc1csc2nc(-c3ccc(Cl)cc3)cn12)C(=O)C1CCCCC1. The average Bonchev–Trinajstić information content (AvgIpc) is 3.36. The Morgan fingerprint density at radius 3 is 2.73 bits per heavy atom. The maximum atomic E-state index is 13.1. The van der Waals surface area contributed by atoms with Crippen molar-refractivity contribution < 1.29 is 9.53 Å². The van der Waals surface area contributed by atoms with E-state index in [0.717, 1.165) is 40.5 Å². The zero-order chi connectivity index (χ0) is 20.9. The molecular formula is C23H28ClN3O2S. The predicted octanol–water partition coefficient (Wildman–Crippen LogP) is 5.31. The number of rotatable bonds is 8. The third kappa shape index (κ3) is 4.88. The number of benzene rings is 1. The van der Waals surface area contributed by atoms with Gasteiger partial charge in [0, 0.05) is 60.4 Å². The molecule has 0 saturated heterocycles. The van der Waals surface area contributed by atoms with Crippen LogP contribution >= 0.6 is 22.9 Å². The van der Waals surface area contributed by atoms with Crippen LogP contribution in [0.25, 0.3) is 16.2 Å². The number of hydrogen-bond donors (Lipinski definition) is 0. The molecular weight excluding hydrogens is 418 g/mol. The van der Waals surface area contributed by atoms with Gasteiger partial charge < -0.3 is 9.64 Å². The van der Waals surface area contributed by atoms with Gasteiger partial charge in [0.15, 0.2) is 4.96 Å². The van der Waals surface area contributed by atoms with Crippen molar-refractivity contribution in [3.8, 4) is 11.3 Å².